The highest BCUT2D eigenvalue weighted by atomic mass is 16.5. The minimum atomic E-state index is -0.124. The maximum atomic E-state index is 12.6. The Morgan fingerprint density at radius 3 is 2.67 bits per heavy atom. The smallest absolute Gasteiger partial charge is 0.272 e. The predicted octanol–water partition coefficient (Wildman–Crippen LogP) is 0.372. The number of carbonyl (C=O) groups is 2. The number of hydrogen-bond donors (Lipinski definition) is 1. The van der Waals surface area contributed by atoms with Gasteiger partial charge in [0.15, 0.2) is 0 Å². The molecule has 0 aliphatic carbocycles. The van der Waals surface area contributed by atoms with Gasteiger partial charge in [0.2, 0.25) is 5.91 Å². The van der Waals surface area contributed by atoms with Gasteiger partial charge < -0.3 is 19.9 Å². The summed E-state index contributed by atoms with van der Waals surface area (Å²) in [5.74, 6) is 0.553. The van der Waals surface area contributed by atoms with Crippen LogP contribution < -0.4 is 5.32 Å². The van der Waals surface area contributed by atoms with Gasteiger partial charge in [-0.3, -0.25) is 9.59 Å². The number of aromatic nitrogens is 2. The minimum Gasteiger partial charge on any atom is -0.376 e. The van der Waals surface area contributed by atoms with E-state index in [-0.39, 0.29) is 17.9 Å². The SMILES string of the molecule is CC(=O)N1CCN(C(=O)c2cc(NCC3CCCO3)ncn2)CC1. The van der Waals surface area contributed by atoms with Crippen LogP contribution in [0.1, 0.15) is 30.3 Å². The van der Waals surface area contributed by atoms with E-state index < -0.39 is 0 Å². The van der Waals surface area contributed by atoms with Crippen LogP contribution >= 0.6 is 0 Å². The quantitative estimate of drug-likeness (QED) is 0.857. The third-order valence-corrected chi connectivity index (χ3v) is 4.43. The molecule has 8 heteroatoms. The lowest BCUT2D eigenvalue weighted by Crippen LogP contribution is -2.50. The summed E-state index contributed by atoms with van der Waals surface area (Å²) in [5, 5.41) is 3.21. The Hall–Kier alpha value is -2.22. The van der Waals surface area contributed by atoms with Crippen LogP contribution in [0.15, 0.2) is 12.4 Å². The molecule has 24 heavy (non-hydrogen) atoms. The number of piperazine rings is 1. The Labute approximate surface area is 141 Å². The van der Waals surface area contributed by atoms with Crippen molar-refractivity contribution in [2.45, 2.75) is 25.9 Å². The molecule has 130 valence electrons. The molecule has 0 radical (unpaired) electrons. The van der Waals surface area contributed by atoms with Crippen LogP contribution in [0.2, 0.25) is 0 Å². The Bertz CT molecular complexity index is 595. The van der Waals surface area contributed by atoms with Crippen LogP contribution in [-0.2, 0) is 9.53 Å². The first kappa shape index (κ1) is 16.6. The summed E-state index contributed by atoms with van der Waals surface area (Å²) in [7, 11) is 0. The van der Waals surface area contributed by atoms with Gasteiger partial charge in [0.05, 0.1) is 6.10 Å². The number of anilines is 1. The number of nitrogens with zero attached hydrogens (tertiary/aromatic N) is 4. The van der Waals surface area contributed by atoms with E-state index in [0.29, 0.717) is 44.2 Å². The molecule has 3 heterocycles. The van der Waals surface area contributed by atoms with E-state index in [9.17, 15) is 9.59 Å². The molecule has 0 aromatic carbocycles. The highest BCUT2D eigenvalue weighted by Gasteiger charge is 2.24. The molecule has 2 amide bonds. The number of hydrogen-bond acceptors (Lipinski definition) is 6. The lowest BCUT2D eigenvalue weighted by Gasteiger charge is -2.34. The monoisotopic (exact) mass is 333 g/mol. The topological polar surface area (TPSA) is 87.7 Å². The van der Waals surface area contributed by atoms with E-state index in [4.69, 9.17) is 4.74 Å². The molecule has 0 bridgehead atoms. The van der Waals surface area contributed by atoms with Crippen molar-refractivity contribution >= 4 is 17.6 Å². The fourth-order valence-corrected chi connectivity index (χ4v) is 2.98. The molecule has 1 aromatic rings. The molecule has 8 nitrogen and oxygen atoms in total. The third-order valence-electron chi connectivity index (χ3n) is 4.43. The van der Waals surface area contributed by atoms with Crippen molar-refractivity contribution in [3.05, 3.63) is 18.1 Å². The third kappa shape index (κ3) is 4.00. The fraction of sp³-hybridized carbons (Fsp3) is 0.625. The van der Waals surface area contributed by atoms with Gasteiger partial charge >= 0.3 is 0 Å². The minimum absolute atomic E-state index is 0.0461. The number of nitrogens with one attached hydrogen (secondary N) is 1. The van der Waals surface area contributed by atoms with Crippen molar-refractivity contribution < 1.29 is 14.3 Å². The molecular formula is C16H23N5O3. The molecule has 0 spiro atoms. The van der Waals surface area contributed by atoms with Crippen LogP contribution in [0.5, 0.6) is 0 Å². The van der Waals surface area contributed by atoms with E-state index >= 15 is 0 Å². The van der Waals surface area contributed by atoms with E-state index in [1.54, 1.807) is 22.8 Å². The van der Waals surface area contributed by atoms with Gasteiger partial charge in [0.25, 0.3) is 5.91 Å². The second-order valence-electron chi connectivity index (χ2n) is 6.10. The van der Waals surface area contributed by atoms with Crippen LogP contribution in [0, 0.1) is 0 Å². The normalized spacial score (nSPS) is 21.0. The van der Waals surface area contributed by atoms with Crippen molar-refractivity contribution in [2.24, 2.45) is 0 Å². The molecule has 2 aliphatic rings. The zero-order valence-electron chi connectivity index (χ0n) is 13.9. The first-order valence-electron chi connectivity index (χ1n) is 8.36. The molecule has 2 saturated heterocycles. The fourth-order valence-electron chi connectivity index (χ4n) is 2.98. The largest absolute Gasteiger partial charge is 0.376 e. The second-order valence-corrected chi connectivity index (χ2v) is 6.10. The summed E-state index contributed by atoms with van der Waals surface area (Å²) in [6, 6.07) is 1.68. The summed E-state index contributed by atoms with van der Waals surface area (Å²) < 4.78 is 5.56. The summed E-state index contributed by atoms with van der Waals surface area (Å²) in [6.07, 6.45) is 3.74. The van der Waals surface area contributed by atoms with Gasteiger partial charge in [-0.15, -0.1) is 0 Å². The average Bonchev–Trinajstić information content (AvgIpc) is 3.13. The number of amides is 2. The molecule has 0 saturated carbocycles. The Morgan fingerprint density at radius 1 is 1.25 bits per heavy atom. The maximum absolute atomic E-state index is 12.6. The summed E-state index contributed by atoms with van der Waals surface area (Å²) >= 11 is 0. The van der Waals surface area contributed by atoms with Crippen molar-refractivity contribution in [2.75, 3.05) is 44.6 Å². The highest BCUT2D eigenvalue weighted by Crippen LogP contribution is 2.14. The van der Waals surface area contributed by atoms with Gasteiger partial charge in [-0.2, -0.15) is 0 Å². The second kappa shape index (κ2) is 7.57. The zero-order valence-corrected chi connectivity index (χ0v) is 13.9. The van der Waals surface area contributed by atoms with Crippen LogP contribution in [0.4, 0.5) is 5.82 Å². The number of rotatable bonds is 4. The molecular weight excluding hydrogens is 310 g/mol. The van der Waals surface area contributed by atoms with Gasteiger partial charge in [0, 0.05) is 52.3 Å². The van der Waals surface area contributed by atoms with Crippen molar-refractivity contribution in [3.8, 4) is 0 Å². The Kier molecular flexibility index (Phi) is 5.24. The molecule has 2 fully saturated rings. The highest BCUT2D eigenvalue weighted by molar-refractivity contribution is 5.93. The lowest BCUT2D eigenvalue weighted by atomic mass is 10.2. The standard InChI is InChI=1S/C16H23N5O3/c1-12(22)20-4-6-21(7-5-20)16(23)14-9-15(19-11-18-14)17-10-13-3-2-8-24-13/h9,11,13H,2-8,10H2,1H3,(H,17,18,19). The molecule has 2 aliphatic heterocycles. The van der Waals surface area contributed by atoms with E-state index in [0.717, 1.165) is 19.4 Å². The Balaban J connectivity index is 1.56. The first-order valence-corrected chi connectivity index (χ1v) is 8.36. The predicted molar refractivity (Wildman–Crippen MR) is 87.7 cm³/mol. The Morgan fingerprint density at radius 2 is 2.00 bits per heavy atom. The van der Waals surface area contributed by atoms with Crippen molar-refractivity contribution in [3.63, 3.8) is 0 Å². The van der Waals surface area contributed by atoms with Gasteiger partial charge in [-0.1, -0.05) is 0 Å². The van der Waals surface area contributed by atoms with Crippen LogP contribution in [0.3, 0.4) is 0 Å². The average molecular weight is 333 g/mol. The molecule has 1 atom stereocenters. The number of carbonyl (C=O) groups excluding carboxylic acids is 2. The van der Waals surface area contributed by atoms with E-state index in [2.05, 4.69) is 15.3 Å². The molecule has 1 aromatic heterocycles. The summed E-state index contributed by atoms with van der Waals surface area (Å²) in [5.41, 5.74) is 0.371. The van der Waals surface area contributed by atoms with Gasteiger partial charge in [-0.05, 0) is 12.8 Å². The van der Waals surface area contributed by atoms with E-state index in [1.165, 1.54) is 6.33 Å². The van der Waals surface area contributed by atoms with E-state index in [1.807, 2.05) is 0 Å². The van der Waals surface area contributed by atoms with Crippen LogP contribution in [0.25, 0.3) is 0 Å². The summed E-state index contributed by atoms with van der Waals surface area (Å²) in [4.78, 5) is 35.7. The zero-order chi connectivity index (χ0) is 16.9. The molecule has 1 N–H and O–H groups in total. The lowest BCUT2D eigenvalue weighted by molar-refractivity contribution is -0.130. The van der Waals surface area contributed by atoms with Crippen molar-refractivity contribution in [1.82, 2.24) is 19.8 Å². The van der Waals surface area contributed by atoms with Gasteiger partial charge in [0.1, 0.15) is 17.8 Å². The number of ether oxygens (including phenoxy) is 1. The molecule has 3 rings (SSSR count). The molecule has 1 unspecified atom stereocenters. The van der Waals surface area contributed by atoms with Gasteiger partial charge in [-0.25, -0.2) is 9.97 Å². The van der Waals surface area contributed by atoms with Crippen LogP contribution in [-0.4, -0.2) is 77.0 Å². The summed E-state index contributed by atoms with van der Waals surface area (Å²) in [6.45, 7) is 5.23. The maximum Gasteiger partial charge on any atom is 0.272 e. The van der Waals surface area contributed by atoms with Crippen molar-refractivity contribution in [1.29, 1.82) is 0 Å². The first-order chi connectivity index (χ1) is 11.6.